The van der Waals surface area contributed by atoms with E-state index in [4.69, 9.17) is 16.3 Å². The number of piperidine rings is 1. The summed E-state index contributed by atoms with van der Waals surface area (Å²) < 4.78 is 22.2. The first-order chi connectivity index (χ1) is 16.9. The number of thioether (sulfide) groups is 1. The lowest BCUT2D eigenvalue weighted by Crippen LogP contribution is -2.42. The number of ether oxygens (including phenoxy) is 1. The van der Waals surface area contributed by atoms with Gasteiger partial charge in [-0.3, -0.25) is 9.78 Å². The molecule has 188 valence electrons. The molecule has 3 aromatic rings. The van der Waals surface area contributed by atoms with Crippen molar-refractivity contribution in [3.8, 4) is 5.75 Å². The molecule has 1 saturated heterocycles. The molecule has 0 amide bonds. The third-order valence-corrected chi connectivity index (χ3v) is 9.14. The van der Waals surface area contributed by atoms with Crippen LogP contribution >= 0.6 is 34.7 Å². The number of halogens is 2. The van der Waals surface area contributed by atoms with Crippen molar-refractivity contribution in [2.45, 2.75) is 36.1 Å². The molecule has 1 aliphatic heterocycles. The molecule has 5 nitrogen and oxygen atoms in total. The second kappa shape index (κ2) is 12.4. The van der Waals surface area contributed by atoms with E-state index in [1.807, 2.05) is 11.8 Å². The molecule has 0 bridgehead atoms. The van der Waals surface area contributed by atoms with E-state index in [-0.39, 0.29) is 18.3 Å². The van der Waals surface area contributed by atoms with Crippen LogP contribution < -0.4 is 4.74 Å². The van der Waals surface area contributed by atoms with Gasteiger partial charge in [0.05, 0.1) is 21.9 Å². The van der Waals surface area contributed by atoms with Gasteiger partial charge in [-0.05, 0) is 67.3 Å². The number of carboxylic acids is 1. The number of carbonyl (C=O) groups is 1. The SMILES string of the molecule is COc1ccc2ncc(Cl)c([C@@H](F)CC[C@@H]3CCN(CCSc4cccs4)C[C@@H]3CC(=O)O)c2c1. The number of likely N-dealkylation sites (tertiary alicyclic amines) is 1. The first kappa shape index (κ1) is 26.2. The summed E-state index contributed by atoms with van der Waals surface area (Å²) in [6.07, 6.45) is 2.16. The number of methoxy groups -OCH3 is 1. The van der Waals surface area contributed by atoms with Crippen LogP contribution in [0.25, 0.3) is 10.9 Å². The van der Waals surface area contributed by atoms with Crippen molar-refractivity contribution >= 4 is 51.6 Å². The molecule has 0 spiro atoms. The van der Waals surface area contributed by atoms with Crippen LogP contribution in [0, 0.1) is 11.8 Å². The van der Waals surface area contributed by atoms with Crippen LogP contribution in [0.4, 0.5) is 4.39 Å². The molecule has 1 fully saturated rings. The summed E-state index contributed by atoms with van der Waals surface area (Å²) >= 11 is 9.97. The van der Waals surface area contributed by atoms with E-state index in [0.717, 1.165) is 31.8 Å². The number of rotatable bonds is 11. The van der Waals surface area contributed by atoms with E-state index >= 15 is 4.39 Å². The molecule has 3 atom stereocenters. The van der Waals surface area contributed by atoms with Crippen LogP contribution in [0.2, 0.25) is 5.02 Å². The predicted octanol–water partition coefficient (Wildman–Crippen LogP) is 6.95. The zero-order chi connectivity index (χ0) is 24.8. The lowest BCUT2D eigenvalue weighted by molar-refractivity contribution is -0.139. The second-order valence-electron chi connectivity index (χ2n) is 8.94. The van der Waals surface area contributed by atoms with Crippen LogP contribution in [-0.4, -0.2) is 53.5 Å². The fraction of sp³-hybridized carbons (Fsp3) is 0.462. The highest BCUT2D eigenvalue weighted by molar-refractivity contribution is 8.01. The highest BCUT2D eigenvalue weighted by atomic mass is 35.5. The number of carboxylic acid groups (broad SMARTS) is 1. The van der Waals surface area contributed by atoms with Gasteiger partial charge in [0.25, 0.3) is 0 Å². The van der Waals surface area contributed by atoms with Crippen molar-refractivity contribution in [1.82, 2.24) is 9.88 Å². The number of fused-ring (bicyclic) bond motifs is 1. The molecule has 0 saturated carbocycles. The van der Waals surface area contributed by atoms with Gasteiger partial charge in [-0.2, -0.15) is 0 Å². The topological polar surface area (TPSA) is 62.7 Å². The summed E-state index contributed by atoms with van der Waals surface area (Å²) in [5.74, 6) is 1.01. The van der Waals surface area contributed by atoms with E-state index < -0.39 is 12.1 Å². The number of thiophene rings is 1. The molecule has 1 aliphatic rings. The van der Waals surface area contributed by atoms with Gasteiger partial charge in [0.15, 0.2) is 0 Å². The molecule has 35 heavy (non-hydrogen) atoms. The Hall–Kier alpha value is -1.87. The highest BCUT2D eigenvalue weighted by Gasteiger charge is 2.31. The number of benzene rings is 1. The van der Waals surface area contributed by atoms with Gasteiger partial charge in [0.2, 0.25) is 0 Å². The monoisotopic (exact) mass is 536 g/mol. The third-order valence-electron chi connectivity index (χ3n) is 6.73. The Kier molecular flexibility index (Phi) is 9.27. The molecule has 1 aromatic carbocycles. The van der Waals surface area contributed by atoms with E-state index in [0.29, 0.717) is 40.1 Å². The summed E-state index contributed by atoms with van der Waals surface area (Å²) in [4.78, 5) is 18.2. The fourth-order valence-corrected chi connectivity index (χ4v) is 7.07. The van der Waals surface area contributed by atoms with Gasteiger partial charge in [-0.1, -0.05) is 17.7 Å². The summed E-state index contributed by atoms with van der Waals surface area (Å²) in [5.41, 5.74) is 1.11. The minimum absolute atomic E-state index is 0.0185. The van der Waals surface area contributed by atoms with Gasteiger partial charge < -0.3 is 14.7 Å². The van der Waals surface area contributed by atoms with Crippen molar-refractivity contribution in [3.63, 3.8) is 0 Å². The maximum absolute atomic E-state index is 15.6. The highest BCUT2D eigenvalue weighted by Crippen LogP contribution is 2.39. The summed E-state index contributed by atoms with van der Waals surface area (Å²) in [6, 6.07) is 9.55. The summed E-state index contributed by atoms with van der Waals surface area (Å²) in [7, 11) is 1.57. The van der Waals surface area contributed by atoms with Crippen molar-refractivity contribution in [2.75, 3.05) is 32.5 Å². The quantitative estimate of drug-likeness (QED) is 0.267. The normalized spacial score (nSPS) is 19.6. The maximum atomic E-state index is 15.6. The second-order valence-corrected chi connectivity index (χ2v) is 11.7. The summed E-state index contributed by atoms with van der Waals surface area (Å²) in [6.45, 7) is 2.59. The van der Waals surface area contributed by atoms with Crippen LogP contribution in [0.15, 0.2) is 46.1 Å². The number of alkyl halides is 1. The average molecular weight is 537 g/mol. The lowest BCUT2D eigenvalue weighted by atomic mass is 9.79. The molecule has 4 rings (SSSR count). The van der Waals surface area contributed by atoms with Crippen LogP contribution in [0.3, 0.4) is 0 Å². The molecule has 1 N–H and O–H groups in total. The average Bonchev–Trinajstić information content (AvgIpc) is 3.36. The van der Waals surface area contributed by atoms with Crippen molar-refractivity contribution in [3.05, 3.63) is 52.5 Å². The number of pyridine rings is 1. The summed E-state index contributed by atoms with van der Waals surface area (Å²) in [5, 5.41) is 12.5. The largest absolute Gasteiger partial charge is 0.497 e. The third kappa shape index (κ3) is 6.88. The zero-order valence-corrected chi connectivity index (χ0v) is 22.0. The van der Waals surface area contributed by atoms with E-state index in [1.54, 1.807) is 36.6 Å². The zero-order valence-electron chi connectivity index (χ0n) is 19.7. The standard InChI is InChI=1S/C26H30ClFN2O3S2/c1-33-19-5-7-23-20(14-19)26(21(27)15-29-23)22(28)6-4-17-8-9-30(16-18(17)13-24(31)32)10-12-35-25-3-2-11-34-25/h2-3,5,7,11,14-15,17-18,22H,4,6,8-10,12-13,16H2,1H3,(H,31,32)/t17-,18+,22+/m1/s1. The van der Waals surface area contributed by atoms with Gasteiger partial charge >= 0.3 is 5.97 Å². The number of nitrogens with zero attached hydrogens (tertiary/aromatic N) is 2. The maximum Gasteiger partial charge on any atom is 0.303 e. The van der Waals surface area contributed by atoms with Crippen molar-refractivity contribution in [1.29, 1.82) is 0 Å². The molecular formula is C26H30ClFN2O3S2. The first-order valence-corrected chi connectivity index (χ1v) is 14.1. The van der Waals surface area contributed by atoms with Gasteiger partial charge in [0.1, 0.15) is 11.9 Å². The Labute approximate surface area is 218 Å². The Morgan fingerprint density at radius 2 is 2.26 bits per heavy atom. The van der Waals surface area contributed by atoms with Crippen molar-refractivity contribution < 1.29 is 19.0 Å². The van der Waals surface area contributed by atoms with Gasteiger partial charge in [-0.25, -0.2) is 4.39 Å². The number of hydrogen-bond donors (Lipinski definition) is 1. The smallest absolute Gasteiger partial charge is 0.303 e. The van der Waals surface area contributed by atoms with Crippen LogP contribution in [-0.2, 0) is 4.79 Å². The number of aliphatic carboxylic acids is 1. The fourth-order valence-electron chi connectivity index (χ4n) is 4.93. The lowest BCUT2D eigenvalue weighted by Gasteiger charge is -2.38. The van der Waals surface area contributed by atoms with E-state index in [1.165, 1.54) is 10.4 Å². The van der Waals surface area contributed by atoms with E-state index in [9.17, 15) is 9.90 Å². The molecule has 0 unspecified atom stereocenters. The molecule has 3 heterocycles. The number of hydrogen-bond acceptors (Lipinski definition) is 6. The molecule has 2 aromatic heterocycles. The molecule has 9 heteroatoms. The van der Waals surface area contributed by atoms with Gasteiger partial charge in [-0.15, -0.1) is 23.1 Å². The Balaban J connectivity index is 1.39. The Bertz CT molecular complexity index is 1130. The predicted molar refractivity (Wildman–Crippen MR) is 142 cm³/mol. The van der Waals surface area contributed by atoms with E-state index in [2.05, 4.69) is 27.4 Å². The first-order valence-electron chi connectivity index (χ1n) is 11.8. The Morgan fingerprint density at radius 3 is 3.00 bits per heavy atom. The van der Waals surface area contributed by atoms with Crippen LogP contribution in [0.5, 0.6) is 5.75 Å². The number of aromatic nitrogens is 1. The molecular weight excluding hydrogens is 507 g/mol. The molecule has 0 radical (unpaired) electrons. The van der Waals surface area contributed by atoms with Crippen molar-refractivity contribution in [2.24, 2.45) is 11.8 Å². The van der Waals surface area contributed by atoms with Gasteiger partial charge in [0, 0.05) is 42.4 Å². The minimum Gasteiger partial charge on any atom is -0.497 e. The minimum atomic E-state index is -1.26. The van der Waals surface area contributed by atoms with Crippen LogP contribution in [0.1, 0.15) is 37.4 Å². The molecule has 0 aliphatic carbocycles. The Morgan fingerprint density at radius 1 is 1.40 bits per heavy atom.